The van der Waals surface area contributed by atoms with Crippen LogP contribution in [0.15, 0.2) is 57.4 Å². The van der Waals surface area contributed by atoms with Crippen molar-refractivity contribution in [3.05, 3.63) is 69.1 Å². The number of phenols is 1. The van der Waals surface area contributed by atoms with Crippen molar-refractivity contribution in [3.63, 3.8) is 0 Å². The summed E-state index contributed by atoms with van der Waals surface area (Å²) in [5.74, 6) is -0.448. The first-order valence-electron chi connectivity index (χ1n) is 9.02. The molecule has 0 fully saturated rings. The van der Waals surface area contributed by atoms with Crippen molar-refractivity contribution in [2.24, 2.45) is 19.2 Å². The number of fused-ring (bicyclic) bond motifs is 2. The summed E-state index contributed by atoms with van der Waals surface area (Å²) in [5, 5.41) is 15.8. The Labute approximate surface area is 169 Å². The van der Waals surface area contributed by atoms with Crippen molar-refractivity contribution >= 4 is 34.1 Å². The maximum absolute atomic E-state index is 12.3. The molecule has 1 amide bonds. The van der Waals surface area contributed by atoms with Crippen molar-refractivity contribution < 1.29 is 9.90 Å². The Morgan fingerprint density at radius 1 is 1.17 bits per heavy atom. The molecule has 2 N–H and O–H groups in total. The highest BCUT2D eigenvalue weighted by Crippen LogP contribution is 2.25. The number of aryl methyl sites for hydroxylation is 1. The Balaban J connectivity index is 1.58. The molecule has 152 valence electrons. The van der Waals surface area contributed by atoms with Gasteiger partial charge in [-0.05, 0) is 16.8 Å². The number of carbonyl (C=O) groups is 1. The maximum atomic E-state index is 12.3. The highest BCUT2D eigenvalue weighted by molar-refractivity contribution is 6.02. The molecular weight excluding hydrogens is 388 g/mol. The third kappa shape index (κ3) is 3.13. The third-order valence-electron chi connectivity index (χ3n) is 4.85. The molecule has 0 aliphatic heterocycles. The summed E-state index contributed by atoms with van der Waals surface area (Å²) >= 11 is 0. The van der Waals surface area contributed by atoms with Crippen LogP contribution in [0.5, 0.6) is 5.75 Å². The summed E-state index contributed by atoms with van der Waals surface area (Å²) < 4.78 is 3.62. The number of hydrazone groups is 1. The predicted octanol–water partition coefficient (Wildman–Crippen LogP) is 0.443. The van der Waals surface area contributed by atoms with Crippen LogP contribution in [0.3, 0.4) is 0 Å². The minimum absolute atomic E-state index is 0.0400. The molecule has 0 aliphatic rings. The second-order valence-corrected chi connectivity index (χ2v) is 6.76. The Morgan fingerprint density at radius 2 is 1.93 bits per heavy atom. The molecule has 2 aromatic carbocycles. The number of nitrogens with one attached hydrogen (secondary N) is 1. The topological polar surface area (TPSA) is 124 Å². The standard InChI is InChI=1S/C20H18N6O4/c1-24-18-17(19(29)25(2)20(24)30)21-11-26(18)10-16(28)23-22-9-14-13-6-4-3-5-12(13)7-8-15(14)27/h3-9,11,27H,10H2,1-2H3,(H,23,28). The van der Waals surface area contributed by atoms with Crippen LogP contribution in [0.1, 0.15) is 5.56 Å². The van der Waals surface area contributed by atoms with Crippen molar-refractivity contribution in [1.29, 1.82) is 0 Å². The molecule has 0 spiro atoms. The average Bonchev–Trinajstić information content (AvgIpc) is 3.16. The van der Waals surface area contributed by atoms with Crippen LogP contribution < -0.4 is 16.7 Å². The van der Waals surface area contributed by atoms with Gasteiger partial charge in [-0.3, -0.25) is 18.7 Å². The normalized spacial score (nSPS) is 11.5. The summed E-state index contributed by atoms with van der Waals surface area (Å²) in [6, 6.07) is 10.8. The maximum Gasteiger partial charge on any atom is 0.332 e. The Morgan fingerprint density at radius 3 is 2.73 bits per heavy atom. The average molecular weight is 406 g/mol. The number of imidazole rings is 1. The number of benzene rings is 2. The fourth-order valence-corrected chi connectivity index (χ4v) is 3.33. The number of nitrogens with zero attached hydrogens (tertiary/aromatic N) is 5. The van der Waals surface area contributed by atoms with Gasteiger partial charge in [0, 0.05) is 19.7 Å². The van der Waals surface area contributed by atoms with Crippen molar-refractivity contribution in [3.8, 4) is 5.75 Å². The zero-order valence-electron chi connectivity index (χ0n) is 16.2. The highest BCUT2D eigenvalue weighted by Gasteiger charge is 2.15. The number of carbonyl (C=O) groups excluding carboxylic acids is 1. The lowest BCUT2D eigenvalue weighted by Crippen LogP contribution is -2.37. The molecule has 0 atom stereocenters. The number of aromatic nitrogens is 4. The first-order chi connectivity index (χ1) is 14.4. The molecule has 0 bridgehead atoms. The van der Waals surface area contributed by atoms with E-state index in [1.165, 1.54) is 35.8 Å². The summed E-state index contributed by atoms with van der Waals surface area (Å²) in [5.41, 5.74) is 2.16. The molecule has 4 aromatic rings. The van der Waals surface area contributed by atoms with Crippen LogP contribution in [0.25, 0.3) is 21.9 Å². The number of rotatable bonds is 4. The van der Waals surface area contributed by atoms with Crippen LogP contribution in [0.2, 0.25) is 0 Å². The van der Waals surface area contributed by atoms with Crippen LogP contribution in [0.4, 0.5) is 0 Å². The van der Waals surface area contributed by atoms with Crippen LogP contribution in [-0.2, 0) is 25.4 Å². The fraction of sp³-hybridized carbons (Fsp3) is 0.150. The van der Waals surface area contributed by atoms with Crippen molar-refractivity contribution in [2.75, 3.05) is 0 Å². The van der Waals surface area contributed by atoms with E-state index in [0.717, 1.165) is 15.3 Å². The van der Waals surface area contributed by atoms with E-state index in [4.69, 9.17) is 0 Å². The van der Waals surface area contributed by atoms with Gasteiger partial charge in [-0.15, -0.1) is 0 Å². The van der Waals surface area contributed by atoms with Gasteiger partial charge in [0.1, 0.15) is 17.9 Å². The summed E-state index contributed by atoms with van der Waals surface area (Å²) in [7, 11) is 2.87. The number of hydrogen-bond acceptors (Lipinski definition) is 6. The van der Waals surface area contributed by atoms with E-state index in [1.54, 1.807) is 12.1 Å². The van der Waals surface area contributed by atoms with Gasteiger partial charge < -0.3 is 9.67 Å². The second-order valence-electron chi connectivity index (χ2n) is 6.76. The predicted molar refractivity (Wildman–Crippen MR) is 112 cm³/mol. The first kappa shape index (κ1) is 19.1. The summed E-state index contributed by atoms with van der Waals surface area (Å²) in [4.78, 5) is 40.7. The number of aromatic hydroxyl groups is 1. The fourth-order valence-electron chi connectivity index (χ4n) is 3.33. The molecule has 10 heteroatoms. The molecular formula is C20H18N6O4. The van der Waals surface area contributed by atoms with Crippen molar-refractivity contribution in [1.82, 2.24) is 24.1 Å². The summed E-state index contributed by atoms with van der Waals surface area (Å²) in [6.45, 7) is -0.199. The zero-order valence-corrected chi connectivity index (χ0v) is 16.2. The Hall–Kier alpha value is -4.21. The minimum atomic E-state index is -0.531. The zero-order chi connectivity index (χ0) is 21.4. The van der Waals surface area contributed by atoms with Gasteiger partial charge in [0.25, 0.3) is 11.5 Å². The largest absolute Gasteiger partial charge is 0.507 e. The van der Waals surface area contributed by atoms with Gasteiger partial charge in [0.15, 0.2) is 5.52 Å². The molecule has 2 aromatic heterocycles. The first-order valence-corrected chi connectivity index (χ1v) is 9.02. The number of phenolic OH excluding ortho intramolecular Hbond substituents is 1. The van der Waals surface area contributed by atoms with E-state index in [1.807, 2.05) is 24.3 Å². The van der Waals surface area contributed by atoms with Crippen LogP contribution in [-0.4, -0.2) is 35.9 Å². The second kappa shape index (κ2) is 7.32. The van der Waals surface area contributed by atoms with Gasteiger partial charge in [0.2, 0.25) is 0 Å². The number of amides is 1. The van der Waals surface area contributed by atoms with E-state index < -0.39 is 17.2 Å². The van der Waals surface area contributed by atoms with E-state index in [2.05, 4.69) is 15.5 Å². The molecule has 0 unspecified atom stereocenters. The molecule has 0 aliphatic carbocycles. The van der Waals surface area contributed by atoms with Crippen LogP contribution >= 0.6 is 0 Å². The quantitative estimate of drug-likeness (QED) is 0.376. The van der Waals surface area contributed by atoms with Crippen LogP contribution in [0, 0.1) is 0 Å². The molecule has 30 heavy (non-hydrogen) atoms. The lowest BCUT2D eigenvalue weighted by atomic mass is 10.0. The Bertz CT molecular complexity index is 1440. The molecule has 0 saturated carbocycles. The monoisotopic (exact) mass is 406 g/mol. The molecule has 10 nitrogen and oxygen atoms in total. The van der Waals surface area contributed by atoms with Gasteiger partial charge in [-0.2, -0.15) is 5.10 Å². The molecule has 2 heterocycles. The minimum Gasteiger partial charge on any atom is -0.507 e. The van der Waals surface area contributed by atoms with E-state index in [0.29, 0.717) is 5.56 Å². The van der Waals surface area contributed by atoms with Crippen molar-refractivity contribution in [2.45, 2.75) is 6.54 Å². The highest BCUT2D eigenvalue weighted by atomic mass is 16.3. The van der Waals surface area contributed by atoms with Gasteiger partial charge in [-0.25, -0.2) is 15.2 Å². The smallest absolute Gasteiger partial charge is 0.332 e. The van der Waals surface area contributed by atoms with E-state index in [9.17, 15) is 19.5 Å². The molecule has 0 radical (unpaired) electrons. The van der Waals surface area contributed by atoms with E-state index in [-0.39, 0.29) is 23.5 Å². The van der Waals surface area contributed by atoms with Gasteiger partial charge in [0.05, 0.1) is 12.5 Å². The summed E-state index contributed by atoms with van der Waals surface area (Å²) in [6.07, 6.45) is 2.69. The SMILES string of the molecule is Cn1c(=O)c2ncn(CC(=O)NN=Cc3c(O)ccc4ccccc34)c2n(C)c1=O. The lowest BCUT2D eigenvalue weighted by Gasteiger charge is -2.08. The molecule has 4 rings (SSSR count). The van der Waals surface area contributed by atoms with E-state index >= 15 is 0 Å². The Kier molecular flexibility index (Phi) is 4.66. The number of hydrogen-bond donors (Lipinski definition) is 2. The molecule has 0 saturated heterocycles. The lowest BCUT2D eigenvalue weighted by molar-refractivity contribution is -0.121. The van der Waals surface area contributed by atoms with Gasteiger partial charge >= 0.3 is 5.69 Å². The van der Waals surface area contributed by atoms with Gasteiger partial charge in [-0.1, -0.05) is 30.3 Å². The third-order valence-corrected chi connectivity index (χ3v) is 4.85.